The Morgan fingerprint density at radius 3 is 2.77 bits per heavy atom. The van der Waals surface area contributed by atoms with Crippen molar-refractivity contribution in [2.75, 3.05) is 5.32 Å². The van der Waals surface area contributed by atoms with Gasteiger partial charge in [0.25, 0.3) is 0 Å². The predicted octanol–water partition coefficient (Wildman–Crippen LogP) is 3.38. The summed E-state index contributed by atoms with van der Waals surface area (Å²) in [5, 5.41) is 20.0. The Labute approximate surface area is 170 Å². The summed E-state index contributed by atoms with van der Waals surface area (Å²) in [6, 6.07) is 0.852. The highest BCUT2D eigenvalue weighted by Crippen LogP contribution is 2.44. The maximum Gasteiger partial charge on any atom is 0.308 e. The summed E-state index contributed by atoms with van der Waals surface area (Å²) in [4.78, 5) is 24.2. The Hall–Kier alpha value is -3.17. The van der Waals surface area contributed by atoms with E-state index in [0.717, 1.165) is 44.5 Å². The van der Waals surface area contributed by atoms with E-state index in [9.17, 15) is 18.7 Å². The van der Waals surface area contributed by atoms with Crippen molar-refractivity contribution in [3.63, 3.8) is 0 Å². The monoisotopic (exact) mass is 414 g/mol. The van der Waals surface area contributed by atoms with Gasteiger partial charge in [0.05, 0.1) is 23.7 Å². The van der Waals surface area contributed by atoms with Crippen LogP contribution in [0.1, 0.15) is 32.1 Å². The molecule has 10 heteroatoms. The van der Waals surface area contributed by atoms with E-state index in [0.29, 0.717) is 16.7 Å². The summed E-state index contributed by atoms with van der Waals surface area (Å²) in [5.74, 6) is -2.37. The van der Waals surface area contributed by atoms with Crippen LogP contribution in [0.5, 0.6) is 0 Å². The zero-order valence-corrected chi connectivity index (χ0v) is 16.0. The summed E-state index contributed by atoms with van der Waals surface area (Å²) in [6.45, 7) is 0. The SMILES string of the molecule is O=C(O)[C@H]1C2CCCC(CC2)[C@@H]1Nc1nc(-c2[nH]nc3ncc(F)cc23)ncc1F. The fraction of sp³-hybridized carbons (Fsp3) is 0.450. The molecule has 0 spiro atoms. The number of aliphatic carboxylic acids is 1. The zero-order chi connectivity index (χ0) is 20.8. The lowest BCUT2D eigenvalue weighted by Crippen LogP contribution is -2.46. The summed E-state index contributed by atoms with van der Waals surface area (Å²) in [7, 11) is 0. The second-order valence-electron chi connectivity index (χ2n) is 8.08. The Morgan fingerprint density at radius 2 is 1.93 bits per heavy atom. The van der Waals surface area contributed by atoms with Crippen molar-refractivity contribution in [1.82, 2.24) is 25.1 Å². The van der Waals surface area contributed by atoms with Crippen LogP contribution in [0.2, 0.25) is 0 Å². The number of carbonyl (C=O) groups is 1. The van der Waals surface area contributed by atoms with Gasteiger partial charge in [-0.2, -0.15) is 5.10 Å². The third-order valence-electron chi connectivity index (χ3n) is 6.39. The first kappa shape index (κ1) is 18.8. The van der Waals surface area contributed by atoms with Crippen LogP contribution >= 0.6 is 0 Å². The molecule has 4 atom stereocenters. The van der Waals surface area contributed by atoms with E-state index in [1.165, 1.54) is 6.07 Å². The molecule has 0 aliphatic heterocycles. The lowest BCUT2D eigenvalue weighted by atomic mass is 9.71. The molecule has 30 heavy (non-hydrogen) atoms. The van der Waals surface area contributed by atoms with E-state index >= 15 is 0 Å². The fourth-order valence-electron chi connectivity index (χ4n) is 5.02. The number of carboxylic acids is 1. The molecule has 2 unspecified atom stereocenters. The van der Waals surface area contributed by atoms with Crippen molar-refractivity contribution >= 4 is 22.8 Å². The van der Waals surface area contributed by atoms with Crippen LogP contribution in [0.25, 0.3) is 22.6 Å². The van der Waals surface area contributed by atoms with Gasteiger partial charge in [0.1, 0.15) is 11.5 Å². The van der Waals surface area contributed by atoms with Gasteiger partial charge >= 0.3 is 5.97 Å². The number of fused-ring (bicyclic) bond motifs is 5. The molecule has 6 rings (SSSR count). The van der Waals surface area contributed by atoms with Gasteiger partial charge in [0.15, 0.2) is 23.1 Å². The molecule has 2 bridgehead atoms. The molecule has 3 aromatic rings. The van der Waals surface area contributed by atoms with Gasteiger partial charge in [-0.1, -0.05) is 6.42 Å². The van der Waals surface area contributed by atoms with Crippen molar-refractivity contribution in [1.29, 1.82) is 0 Å². The molecule has 3 aliphatic carbocycles. The Kier molecular flexibility index (Phi) is 4.56. The van der Waals surface area contributed by atoms with Crippen LogP contribution < -0.4 is 5.32 Å². The number of anilines is 1. The van der Waals surface area contributed by atoms with E-state index in [1.807, 2.05) is 0 Å². The number of aromatic amines is 1. The van der Waals surface area contributed by atoms with Crippen molar-refractivity contribution in [2.24, 2.45) is 17.8 Å². The van der Waals surface area contributed by atoms with Gasteiger partial charge in [-0.15, -0.1) is 0 Å². The quantitative estimate of drug-likeness (QED) is 0.599. The molecule has 0 saturated heterocycles. The first-order valence-electron chi connectivity index (χ1n) is 10.0. The first-order chi connectivity index (χ1) is 14.5. The third kappa shape index (κ3) is 3.16. The van der Waals surface area contributed by atoms with Crippen molar-refractivity contribution in [3.8, 4) is 11.5 Å². The highest BCUT2D eigenvalue weighted by atomic mass is 19.1. The van der Waals surface area contributed by atoms with E-state index in [1.54, 1.807) is 0 Å². The first-order valence-corrected chi connectivity index (χ1v) is 10.0. The number of H-pyrrole nitrogens is 1. The van der Waals surface area contributed by atoms with Crippen molar-refractivity contribution in [2.45, 2.75) is 38.1 Å². The smallest absolute Gasteiger partial charge is 0.308 e. The highest BCUT2D eigenvalue weighted by Gasteiger charge is 2.45. The molecule has 3 aliphatic rings. The molecule has 0 amide bonds. The van der Waals surface area contributed by atoms with Gasteiger partial charge in [-0.05, 0) is 43.6 Å². The molecule has 3 saturated carbocycles. The summed E-state index contributed by atoms with van der Waals surface area (Å²) < 4.78 is 28.2. The molecule has 8 nitrogen and oxygen atoms in total. The standard InChI is InChI=1S/C20H20F2N6O2/c21-11-6-12-16(27-28-17(12)23-7-11)19-24-8-13(22)18(26-19)25-15-10-3-1-2-9(4-5-10)14(15)20(29)30/h6-10,14-15H,1-5H2,(H,29,30)(H,23,27,28)(H,24,25,26)/t9?,10?,14-,15-/m0/s1. The minimum Gasteiger partial charge on any atom is -0.481 e. The Balaban J connectivity index is 1.52. The minimum absolute atomic E-state index is 0.0593. The fourth-order valence-corrected chi connectivity index (χ4v) is 5.02. The molecule has 3 N–H and O–H groups in total. The minimum atomic E-state index is -0.861. The number of nitrogens with one attached hydrogen (secondary N) is 2. The van der Waals surface area contributed by atoms with E-state index < -0.39 is 29.6 Å². The van der Waals surface area contributed by atoms with Gasteiger partial charge in [-0.3, -0.25) is 9.89 Å². The van der Waals surface area contributed by atoms with Crippen LogP contribution in [0, 0.1) is 29.4 Å². The number of hydrogen-bond donors (Lipinski definition) is 3. The van der Waals surface area contributed by atoms with Crippen LogP contribution in [0.3, 0.4) is 0 Å². The summed E-state index contributed by atoms with van der Waals surface area (Å²) in [6.07, 6.45) is 6.65. The molecule has 0 aromatic carbocycles. The summed E-state index contributed by atoms with van der Waals surface area (Å²) in [5.41, 5.74) is 0.609. The number of nitrogens with zero attached hydrogens (tertiary/aromatic N) is 4. The average molecular weight is 414 g/mol. The van der Waals surface area contributed by atoms with E-state index in [4.69, 9.17) is 0 Å². The van der Waals surface area contributed by atoms with Crippen LogP contribution in [0.15, 0.2) is 18.5 Å². The van der Waals surface area contributed by atoms with E-state index in [2.05, 4.69) is 30.5 Å². The van der Waals surface area contributed by atoms with Gasteiger partial charge < -0.3 is 10.4 Å². The maximum absolute atomic E-state index is 14.6. The van der Waals surface area contributed by atoms with Crippen LogP contribution in [-0.4, -0.2) is 42.3 Å². The highest BCUT2D eigenvalue weighted by molar-refractivity contribution is 5.88. The predicted molar refractivity (Wildman–Crippen MR) is 103 cm³/mol. The lowest BCUT2D eigenvalue weighted by molar-refractivity contribution is -0.145. The average Bonchev–Trinajstić information content (AvgIpc) is 2.89. The van der Waals surface area contributed by atoms with Gasteiger partial charge in [-0.25, -0.2) is 23.7 Å². The molecular weight excluding hydrogens is 394 g/mol. The Morgan fingerprint density at radius 1 is 1.13 bits per heavy atom. The van der Waals surface area contributed by atoms with E-state index in [-0.39, 0.29) is 23.5 Å². The molecule has 0 radical (unpaired) electrons. The molecule has 3 aromatic heterocycles. The number of aromatic nitrogens is 5. The zero-order valence-electron chi connectivity index (χ0n) is 16.0. The van der Waals surface area contributed by atoms with Crippen molar-refractivity contribution < 1.29 is 18.7 Å². The normalized spacial score (nSPS) is 25.9. The molecule has 156 valence electrons. The lowest BCUT2D eigenvalue weighted by Gasteiger charge is -2.38. The number of rotatable bonds is 4. The van der Waals surface area contributed by atoms with Crippen LogP contribution in [0.4, 0.5) is 14.6 Å². The molecule has 3 fully saturated rings. The van der Waals surface area contributed by atoms with Gasteiger partial charge in [0, 0.05) is 6.04 Å². The van der Waals surface area contributed by atoms with Gasteiger partial charge in [0.2, 0.25) is 0 Å². The second kappa shape index (κ2) is 7.26. The topological polar surface area (TPSA) is 117 Å². The maximum atomic E-state index is 14.6. The summed E-state index contributed by atoms with van der Waals surface area (Å²) >= 11 is 0. The number of pyridine rings is 1. The third-order valence-corrected chi connectivity index (χ3v) is 6.39. The van der Waals surface area contributed by atoms with Crippen molar-refractivity contribution in [3.05, 3.63) is 30.1 Å². The molecule has 3 heterocycles. The number of hydrogen-bond acceptors (Lipinski definition) is 6. The van der Waals surface area contributed by atoms with Crippen LogP contribution in [-0.2, 0) is 4.79 Å². The number of carboxylic acid groups (broad SMARTS) is 1. The largest absolute Gasteiger partial charge is 0.481 e. The second-order valence-corrected chi connectivity index (χ2v) is 8.08. The molecular formula is C20H20F2N6O2. The number of halogens is 2. The Bertz CT molecular complexity index is 1120.